The van der Waals surface area contributed by atoms with E-state index >= 15 is 0 Å². The summed E-state index contributed by atoms with van der Waals surface area (Å²) in [6.45, 7) is 2.49. The van der Waals surface area contributed by atoms with Crippen molar-refractivity contribution in [3.8, 4) is 0 Å². The number of nitrogens with one attached hydrogen (secondary N) is 2. The second-order valence-electron chi connectivity index (χ2n) is 7.93. The Morgan fingerprint density at radius 3 is 2.45 bits per heavy atom. The number of thiophene rings is 1. The van der Waals surface area contributed by atoms with E-state index in [1.807, 2.05) is 0 Å². The van der Waals surface area contributed by atoms with Crippen LogP contribution in [0.3, 0.4) is 0 Å². The van der Waals surface area contributed by atoms with Gasteiger partial charge in [-0.1, -0.05) is 11.6 Å². The standard InChI is InChI=1S/C23H27ClN4O4S/c1-15(29)27(2)14-17(26-23(32)19-10-11-20(24)33-19)13-25-22(31)16-6-8-18(9-7-16)28-12-4-3-5-21(28)30/h6-11,17H,3-5,12-14H2,1-2H3,(H,25,31)(H,26,32). The molecule has 1 aliphatic rings. The van der Waals surface area contributed by atoms with Crippen molar-refractivity contribution in [3.05, 3.63) is 51.2 Å². The van der Waals surface area contributed by atoms with Gasteiger partial charge in [0.05, 0.1) is 15.3 Å². The quantitative estimate of drug-likeness (QED) is 0.594. The molecular weight excluding hydrogens is 464 g/mol. The zero-order valence-corrected chi connectivity index (χ0v) is 20.2. The summed E-state index contributed by atoms with van der Waals surface area (Å²) in [6.07, 6.45) is 2.42. The molecule has 33 heavy (non-hydrogen) atoms. The topological polar surface area (TPSA) is 98.8 Å². The molecule has 176 valence electrons. The maximum absolute atomic E-state index is 12.7. The number of nitrogens with zero attached hydrogens (tertiary/aromatic N) is 2. The van der Waals surface area contributed by atoms with E-state index in [0.717, 1.165) is 29.9 Å². The Hall–Kier alpha value is -2.91. The monoisotopic (exact) mass is 490 g/mol. The van der Waals surface area contributed by atoms with E-state index in [-0.39, 0.29) is 36.7 Å². The van der Waals surface area contributed by atoms with Crippen molar-refractivity contribution < 1.29 is 19.2 Å². The fourth-order valence-corrected chi connectivity index (χ4v) is 4.45. The molecule has 10 heteroatoms. The fraction of sp³-hybridized carbons (Fsp3) is 0.391. The molecule has 0 radical (unpaired) electrons. The molecule has 1 saturated heterocycles. The highest BCUT2D eigenvalue weighted by molar-refractivity contribution is 7.18. The second-order valence-corrected chi connectivity index (χ2v) is 9.65. The highest BCUT2D eigenvalue weighted by Gasteiger charge is 2.21. The van der Waals surface area contributed by atoms with E-state index in [0.29, 0.717) is 27.7 Å². The average molecular weight is 491 g/mol. The average Bonchev–Trinajstić information content (AvgIpc) is 3.24. The summed E-state index contributed by atoms with van der Waals surface area (Å²) in [5, 5.41) is 5.67. The SMILES string of the molecule is CC(=O)N(C)CC(CNC(=O)c1ccc(N2CCCCC2=O)cc1)NC(=O)c1ccc(Cl)s1. The molecule has 1 aliphatic heterocycles. The molecule has 4 amide bonds. The molecular formula is C23H27ClN4O4S. The van der Waals surface area contributed by atoms with E-state index in [1.165, 1.54) is 11.8 Å². The Labute approximate surface area is 201 Å². The lowest BCUT2D eigenvalue weighted by Gasteiger charge is -2.27. The number of anilines is 1. The van der Waals surface area contributed by atoms with E-state index in [1.54, 1.807) is 48.3 Å². The van der Waals surface area contributed by atoms with Crippen LogP contribution in [0.15, 0.2) is 36.4 Å². The van der Waals surface area contributed by atoms with Crippen LogP contribution in [0.25, 0.3) is 0 Å². The minimum absolute atomic E-state index is 0.0960. The van der Waals surface area contributed by atoms with Crippen molar-refractivity contribution in [3.63, 3.8) is 0 Å². The fourth-order valence-electron chi connectivity index (χ4n) is 3.50. The molecule has 2 N–H and O–H groups in total. The van der Waals surface area contributed by atoms with Gasteiger partial charge >= 0.3 is 0 Å². The van der Waals surface area contributed by atoms with Crippen LogP contribution in [0.1, 0.15) is 46.2 Å². The number of carbonyl (C=O) groups excluding carboxylic acids is 4. The summed E-state index contributed by atoms with van der Waals surface area (Å²) in [5.74, 6) is -0.685. The maximum atomic E-state index is 12.7. The summed E-state index contributed by atoms with van der Waals surface area (Å²) in [5.41, 5.74) is 1.22. The van der Waals surface area contributed by atoms with Crippen LogP contribution in [0.5, 0.6) is 0 Å². The third-order valence-electron chi connectivity index (χ3n) is 5.44. The summed E-state index contributed by atoms with van der Waals surface area (Å²) in [4.78, 5) is 52.6. The van der Waals surface area contributed by atoms with Gasteiger partial charge < -0.3 is 20.4 Å². The molecule has 0 saturated carbocycles. The van der Waals surface area contributed by atoms with E-state index in [9.17, 15) is 19.2 Å². The van der Waals surface area contributed by atoms with Gasteiger partial charge in [0.15, 0.2) is 0 Å². The molecule has 1 atom stereocenters. The van der Waals surface area contributed by atoms with Crippen LogP contribution in [0, 0.1) is 0 Å². The van der Waals surface area contributed by atoms with Gasteiger partial charge in [0, 0.05) is 51.3 Å². The minimum Gasteiger partial charge on any atom is -0.350 e. The molecule has 0 spiro atoms. The van der Waals surface area contributed by atoms with Crippen molar-refractivity contribution in [2.24, 2.45) is 0 Å². The van der Waals surface area contributed by atoms with Crippen LogP contribution in [0.4, 0.5) is 5.69 Å². The molecule has 1 aromatic heterocycles. The third kappa shape index (κ3) is 6.79. The zero-order chi connectivity index (χ0) is 24.0. The molecule has 2 aromatic rings. The summed E-state index contributed by atoms with van der Waals surface area (Å²) >= 11 is 7.07. The van der Waals surface area contributed by atoms with Crippen molar-refractivity contribution in [2.75, 3.05) is 31.6 Å². The van der Waals surface area contributed by atoms with Crippen LogP contribution < -0.4 is 15.5 Å². The number of hydrogen-bond donors (Lipinski definition) is 2. The molecule has 3 rings (SSSR count). The number of piperidine rings is 1. The molecule has 1 aromatic carbocycles. The van der Waals surface area contributed by atoms with Gasteiger partial charge in [-0.05, 0) is 49.2 Å². The van der Waals surface area contributed by atoms with Crippen molar-refractivity contribution in [1.29, 1.82) is 0 Å². The summed E-state index contributed by atoms with van der Waals surface area (Å²) in [7, 11) is 1.63. The first kappa shape index (κ1) is 24.7. The smallest absolute Gasteiger partial charge is 0.261 e. The Morgan fingerprint density at radius 1 is 1.12 bits per heavy atom. The molecule has 0 aliphatic carbocycles. The molecule has 1 unspecified atom stereocenters. The van der Waals surface area contributed by atoms with E-state index in [4.69, 9.17) is 11.6 Å². The Balaban J connectivity index is 1.62. The predicted octanol–water partition coefficient (Wildman–Crippen LogP) is 2.93. The summed E-state index contributed by atoms with van der Waals surface area (Å²) in [6, 6.07) is 9.65. The highest BCUT2D eigenvalue weighted by atomic mass is 35.5. The first-order valence-corrected chi connectivity index (χ1v) is 11.9. The molecule has 1 fully saturated rings. The van der Waals surface area contributed by atoms with Crippen LogP contribution in [0.2, 0.25) is 4.34 Å². The number of amides is 4. The predicted molar refractivity (Wildman–Crippen MR) is 129 cm³/mol. The Kier molecular flexibility index (Phi) is 8.46. The van der Waals surface area contributed by atoms with Gasteiger partial charge in [-0.2, -0.15) is 0 Å². The van der Waals surface area contributed by atoms with Crippen LogP contribution in [-0.4, -0.2) is 61.3 Å². The lowest BCUT2D eigenvalue weighted by Crippen LogP contribution is -2.50. The van der Waals surface area contributed by atoms with Crippen LogP contribution in [-0.2, 0) is 9.59 Å². The Morgan fingerprint density at radius 2 is 1.85 bits per heavy atom. The minimum atomic E-state index is -0.499. The number of likely N-dealkylation sites (N-methyl/N-ethyl adjacent to an activating group) is 1. The molecule has 8 nitrogen and oxygen atoms in total. The van der Waals surface area contributed by atoms with Gasteiger partial charge in [0.2, 0.25) is 11.8 Å². The number of rotatable bonds is 8. The Bertz CT molecular complexity index is 1020. The third-order valence-corrected chi connectivity index (χ3v) is 6.67. The lowest BCUT2D eigenvalue weighted by atomic mass is 10.1. The van der Waals surface area contributed by atoms with Gasteiger partial charge in [-0.25, -0.2) is 0 Å². The van der Waals surface area contributed by atoms with Gasteiger partial charge in [-0.15, -0.1) is 11.3 Å². The zero-order valence-electron chi connectivity index (χ0n) is 18.6. The second kappa shape index (κ2) is 11.3. The van der Waals surface area contributed by atoms with Gasteiger partial charge in [-0.3, -0.25) is 19.2 Å². The molecule has 0 bridgehead atoms. The lowest BCUT2D eigenvalue weighted by molar-refractivity contribution is -0.127. The number of benzene rings is 1. The van der Waals surface area contributed by atoms with E-state index < -0.39 is 6.04 Å². The van der Waals surface area contributed by atoms with Gasteiger partial charge in [0.1, 0.15) is 0 Å². The summed E-state index contributed by atoms with van der Waals surface area (Å²) < 4.78 is 0.501. The van der Waals surface area contributed by atoms with Crippen molar-refractivity contribution in [2.45, 2.75) is 32.2 Å². The number of hydrogen-bond acceptors (Lipinski definition) is 5. The van der Waals surface area contributed by atoms with Crippen molar-refractivity contribution in [1.82, 2.24) is 15.5 Å². The normalized spacial score (nSPS) is 14.5. The number of carbonyl (C=O) groups is 4. The van der Waals surface area contributed by atoms with Crippen molar-refractivity contribution >= 4 is 52.3 Å². The first-order valence-electron chi connectivity index (χ1n) is 10.7. The van der Waals surface area contributed by atoms with Gasteiger partial charge in [0.25, 0.3) is 11.8 Å². The highest BCUT2D eigenvalue weighted by Crippen LogP contribution is 2.22. The molecule has 2 heterocycles. The number of halogens is 1. The first-order chi connectivity index (χ1) is 15.7. The van der Waals surface area contributed by atoms with E-state index in [2.05, 4.69) is 10.6 Å². The maximum Gasteiger partial charge on any atom is 0.261 e. The van der Waals surface area contributed by atoms with Crippen LogP contribution >= 0.6 is 22.9 Å². The largest absolute Gasteiger partial charge is 0.350 e.